The topological polar surface area (TPSA) is 12.0 Å². The second kappa shape index (κ2) is 6.31. The van der Waals surface area contributed by atoms with Crippen molar-refractivity contribution in [3.63, 3.8) is 0 Å². The maximum Gasteiger partial charge on any atom is 0.145 e. The van der Waals surface area contributed by atoms with Crippen LogP contribution in [-0.4, -0.2) is 6.54 Å². The summed E-state index contributed by atoms with van der Waals surface area (Å²) in [6.07, 6.45) is 0. The highest BCUT2D eigenvalue weighted by Gasteiger charge is 2.10. The maximum atomic E-state index is 14.1. The van der Waals surface area contributed by atoms with E-state index < -0.39 is 0 Å². The molecule has 0 saturated carbocycles. The van der Waals surface area contributed by atoms with Crippen LogP contribution < -0.4 is 5.32 Å². The highest BCUT2D eigenvalue weighted by Crippen LogP contribution is 2.29. The zero-order valence-electron chi connectivity index (χ0n) is 11.1. The van der Waals surface area contributed by atoms with Gasteiger partial charge < -0.3 is 5.32 Å². The first-order chi connectivity index (χ1) is 9.13. The van der Waals surface area contributed by atoms with Crippen molar-refractivity contribution in [2.24, 2.45) is 0 Å². The first kappa shape index (κ1) is 14.2. The number of benzene rings is 2. The van der Waals surface area contributed by atoms with Crippen molar-refractivity contribution in [3.05, 3.63) is 58.3 Å². The van der Waals surface area contributed by atoms with E-state index >= 15 is 0 Å². The largest absolute Gasteiger partial charge is 0.310 e. The van der Waals surface area contributed by atoms with Gasteiger partial charge in [-0.15, -0.1) is 0 Å². The molecule has 3 heteroatoms. The van der Waals surface area contributed by atoms with Gasteiger partial charge in [0.1, 0.15) is 5.82 Å². The second-order valence-electron chi connectivity index (χ2n) is 4.51. The smallest absolute Gasteiger partial charge is 0.145 e. The number of nitrogens with one attached hydrogen (secondary N) is 1. The van der Waals surface area contributed by atoms with Gasteiger partial charge in [-0.25, -0.2) is 4.39 Å². The third-order valence-electron chi connectivity index (χ3n) is 3.16. The molecular formula is C16H17BrFN. The summed E-state index contributed by atoms with van der Waals surface area (Å²) >= 11 is 3.23. The highest BCUT2D eigenvalue weighted by atomic mass is 79.9. The van der Waals surface area contributed by atoms with Gasteiger partial charge in [0.15, 0.2) is 0 Å². The Bertz CT molecular complexity index is 568. The van der Waals surface area contributed by atoms with Gasteiger partial charge in [-0.1, -0.05) is 37.3 Å². The summed E-state index contributed by atoms with van der Waals surface area (Å²) in [5, 5.41) is 3.36. The average Bonchev–Trinajstić information content (AvgIpc) is 2.42. The molecule has 2 aromatic carbocycles. The Kier molecular flexibility index (Phi) is 4.72. The third kappa shape index (κ3) is 3.23. The first-order valence-corrected chi connectivity index (χ1v) is 7.20. The number of halogens is 2. The second-order valence-corrected chi connectivity index (χ2v) is 5.36. The van der Waals surface area contributed by atoms with Crippen molar-refractivity contribution in [1.29, 1.82) is 0 Å². The number of rotatable bonds is 4. The maximum absolute atomic E-state index is 14.1. The monoisotopic (exact) mass is 321 g/mol. The average molecular weight is 322 g/mol. The molecule has 0 heterocycles. The Labute approximate surface area is 122 Å². The fraction of sp³-hybridized carbons (Fsp3) is 0.250. The standard InChI is InChI=1S/C16H17BrFN/c1-3-19-11(2)12-6-4-7-13(10-12)14-8-5-9-15(17)16(14)18/h4-11,19H,3H2,1-2H3. The molecule has 0 radical (unpaired) electrons. The summed E-state index contributed by atoms with van der Waals surface area (Å²) in [7, 11) is 0. The molecule has 1 unspecified atom stereocenters. The van der Waals surface area contributed by atoms with Crippen molar-refractivity contribution < 1.29 is 4.39 Å². The molecule has 1 N–H and O–H groups in total. The molecule has 100 valence electrons. The summed E-state index contributed by atoms with van der Waals surface area (Å²) < 4.78 is 14.6. The van der Waals surface area contributed by atoms with Gasteiger partial charge in [-0.3, -0.25) is 0 Å². The lowest BCUT2D eigenvalue weighted by molar-refractivity contribution is 0.598. The van der Waals surface area contributed by atoms with Gasteiger partial charge in [0, 0.05) is 11.6 Å². The van der Waals surface area contributed by atoms with Gasteiger partial charge in [0.05, 0.1) is 4.47 Å². The Hall–Kier alpha value is -1.19. The minimum Gasteiger partial charge on any atom is -0.310 e. The quantitative estimate of drug-likeness (QED) is 0.842. The van der Waals surface area contributed by atoms with E-state index in [9.17, 15) is 4.39 Å². The van der Waals surface area contributed by atoms with Crippen molar-refractivity contribution in [2.75, 3.05) is 6.54 Å². The minimum absolute atomic E-state index is 0.212. The molecule has 1 atom stereocenters. The van der Waals surface area contributed by atoms with Gasteiger partial charge in [-0.2, -0.15) is 0 Å². The molecule has 0 aliphatic heterocycles. The Balaban J connectivity index is 2.40. The van der Waals surface area contributed by atoms with E-state index in [0.717, 1.165) is 12.1 Å². The minimum atomic E-state index is -0.212. The van der Waals surface area contributed by atoms with Crippen molar-refractivity contribution >= 4 is 15.9 Å². The lowest BCUT2D eigenvalue weighted by atomic mass is 10.00. The fourth-order valence-electron chi connectivity index (χ4n) is 2.13. The molecule has 0 amide bonds. The van der Waals surface area contributed by atoms with E-state index in [4.69, 9.17) is 0 Å². The van der Waals surface area contributed by atoms with Crippen LogP contribution in [0.5, 0.6) is 0 Å². The van der Waals surface area contributed by atoms with E-state index in [1.54, 1.807) is 12.1 Å². The normalized spacial score (nSPS) is 12.4. The van der Waals surface area contributed by atoms with Gasteiger partial charge in [-0.05, 0) is 52.7 Å². The van der Waals surface area contributed by atoms with Crippen LogP contribution in [0.1, 0.15) is 25.5 Å². The lowest BCUT2D eigenvalue weighted by Crippen LogP contribution is -2.17. The molecule has 0 aromatic heterocycles. The zero-order chi connectivity index (χ0) is 13.8. The van der Waals surface area contributed by atoms with Crippen molar-refractivity contribution in [3.8, 4) is 11.1 Å². The summed E-state index contributed by atoms with van der Waals surface area (Å²) in [5.74, 6) is -0.212. The molecule has 0 spiro atoms. The predicted octanol–water partition coefficient (Wildman–Crippen LogP) is 4.93. The van der Waals surface area contributed by atoms with Crippen LogP contribution in [-0.2, 0) is 0 Å². The Morgan fingerprint density at radius 2 is 1.95 bits per heavy atom. The molecule has 0 aliphatic carbocycles. The van der Waals surface area contributed by atoms with Gasteiger partial charge >= 0.3 is 0 Å². The van der Waals surface area contributed by atoms with E-state index in [-0.39, 0.29) is 11.9 Å². The van der Waals surface area contributed by atoms with E-state index in [1.165, 1.54) is 5.56 Å². The molecule has 19 heavy (non-hydrogen) atoms. The fourth-order valence-corrected chi connectivity index (χ4v) is 2.49. The van der Waals surface area contributed by atoms with Crippen molar-refractivity contribution in [1.82, 2.24) is 5.32 Å². The van der Waals surface area contributed by atoms with Gasteiger partial charge in [0.25, 0.3) is 0 Å². The molecule has 0 aliphatic rings. The SMILES string of the molecule is CCNC(C)c1cccc(-c2cccc(Br)c2F)c1. The van der Waals surface area contributed by atoms with Crippen LogP contribution >= 0.6 is 15.9 Å². The van der Waals surface area contributed by atoms with Crippen LogP contribution in [0.2, 0.25) is 0 Å². The lowest BCUT2D eigenvalue weighted by Gasteiger charge is -2.14. The molecule has 0 saturated heterocycles. The van der Waals surface area contributed by atoms with E-state index in [2.05, 4.69) is 41.2 Å². The zero-order valence-corrected chi connectivity index (χ0v) is 12.7. The van der Waals surface area contributed by atoms with Crippen LogP contribution in [0, 0.1) is 5.82 Å². The summed E-state index contributed by atoms with van der Waals surface area (Å²) in [6, 6.07) is 13.6. The highest BCUT2D eigenvalue weighted by molar-refractivity contribution is 9.10. The van der Waals surface area contributed by atoms with E-state index in [1.807, 2.05) is 24.3 Å². The summed E-state index contributed by atoms with van der Waals surface area (Å²) in [4.78, 5) is 0. The van der Waals surface area contributed by atoms with Crippen LogP contribution in [0.3, 0.4) is 0 Å². The Morgan fingerprint density at radius 3 is 2.68 bits per heavy atom. The molecule has 0 bridgehead atoms. The van der Waals surface area contributed by atoms with Gasteiger partial charge in [0.2, 0.25) is 0 Å². The molecule has 2 aromatic rings. The summed E-state index contributed by atoms with van der Waals surface area (Å²) in [6.45, 7) is 5.10. The molecular weight excluding hydrogens is 305 g/mol. The molecule has 0 fully saturated rings. The third-order valence-corrected chi connectivity index (χ3v) is 3.77. The van der Waals surface area contributed by atoms with Crippen LogP contribution in [0.4, 0.5) is 4.39 Å². The van der Waals surface area contributed by atoms with Crippen molar-refractivity contribution in [2.45, 2.75) is 19.9 Å². The van der Waals surface area contributed by atoms with Crippen LogP contribution in [0.25, 0.3) is 11.1 Å². The number of hydrogen-bond donors (Lipinski definition) is 1. The number of hydrogen-bond acceptors (Lipinski definition) is 1. The predicted molar refractivity (Wildman–Crippen MR) is 81.6 cm³/mol. The first-order valence-electron chi connectivity index (χ1n) is 6.41. The Morgan fingerprint density at radius 1 is 1.21 bits per heavy atom. The summed E-state index contributed by atoms with van der Waals surface area (Å²) in [5.41, 5.74) is 2.69. The molecule has 2 rings (SSSR count). The van der Waals surface area contributed by atoms with Crippen LogP contribution in [0.15, 0.2) is 46.9 Å². The van der Waals surface area contributed by atoms with E-state index in [0.29, 0.717) is 10.0 Å². The molecule has 1 nitrogen and oxygen atoms in total.